The van der Waals surface area contributed by atoms with Gasteiger partial charge in [-0.05, 0) is 32.4 Å². The molecule has 1 aliphatic carbocycles. The van der Waals surface area contributed by atoms with Crippen molar-refractivity contribution in [3.63, 3.8) is 0 Å². The van der Waals surface area contributed by atoms with Crippen molar-refractivity contribution in [1.29, 1.82) is 0 Å². The van der Waals surface area contributed by atoms with E-state index in [-0.39, 0.29) is 17.3 Å². The number of aliphatic imine (C=N–C) groups is 2. The molecule has 0 amide bonds. The van der Waals surface area contributed by atoms with E-state index in [9.17, 15) is 4.79 Å². The number of ether oxygens (including phenoxy) is 1. The molecule has 1 atom stereocenters. The largest absolute Gasteiger partial charge is 0.494 e. The third kappa shape index (κ3) is 3.13. The lowest BCUT2D eigenvalue weighted by atomic mass is 9.83. The molecule has 0 saturated heterocycles. The Morgan fingerprint density at radius 2 is 2.25 bits per heavy atom. The van der Waals surface area contributed by atoms with Crippen LogP contribution in [0.4, 0.5) is 5.82 Å². The fraction of sp³-hybridized carbons (Fsp3) is 0.250. The second-order valence-electron chi connectivity index (χ2n) is 6.83. The Bertz CT molecular complexity index is 1060. The second-order valence-corrected chi connectivity index (χ2v) is 6.83. The van der Waals surface area contributed by atoms with Gasteiger partial charge >= 0.3 is 0 Å². The summed E-state index contributed by atoms with van der Waals surface area (Å²) >= 11 is 0. The van der Waals surface area contributed by atoms with Crippen molar-refractivity contribution in [2.45, 2.75) is 25.8 Å². The highest BCUT2D eigenvalue weighted by molar-refractivity contribution is 6.48. The molecular weight excluding hydrogens is 356 g/mol. The number of rotatable bonds is 4. The molecule has 0 aromatic carbocycles. The first-order chi connectivity index (χ1) is 13.5. The number of fused-ring (bicyclic) bond motifs is 1. The topological polar surface area (TPSA) is 105 Å². The van der Waals surface area contributed by atoms with Gasteiger partial charge in [0.1, 0.15) is 11.6 Å². The fourth-order valence-electron chi connectivity index (χ4n) is 3.25. The number of methoxy groups -OCH3 is 1. The van der Waals surface area contributed by atoms with Crippen LogP contribution in [0.1, 0.15) is 29.5 Å². The fourth-order valence-corrected chi connectivity index (χ4v) is 3.25. The highest BCUT2D eigenvalue weighted by Gasteiger charge is 2.38. The lowest BCUT2D eigenvalue weighted by Gasteiger charge is -2.33. The highest BCUT2D eigenvalue weighted by atomic mass is 16.5. The molecule has 0 fully saturated rings. The van der Waals surface area contributed by atoms with Crippen LogP contribution >= 0.6 is 0 Å². The Morgan fingerprint density at radius 1 is 1.39 bits per heavy atom. The first-order valence-electron chi connectivity index (χ1n) is 8.89. The van der Waals surface area contributed by atoms with Crippen LogP contribution in [0, 0.1) is 6.92 Å². The summed E-state index contributed by atoms with van der Waals surface area (Å²) in [5, 5.41) is 10.3. The number of pyridine rings is 1. The molecule has 8 nitrogen and oxygen atoms in total. The van der Waals surface area contributed by atoms with Crippen molar-refractivity contribution in [3.05, 3.63) is 59.6 Å². The Morgan fingerprint density at radius 3 is 3.00 bits per heavy atom. The van der Waals surface area contributed by atoms with Crippen LogP contribution in [-0.4, -0.2) is 45.3 Å². The average molecular weight is 376 g/mol. The van der Waals surface area contributed by atoms with E-state index in [0.717, 1.165) is 11.3 Å². The number of nitrogens with zero attached hydrogens (tertiary/aromatic N) is 4. The van der Waals surface area contributed by atoms with Gasteiger partial charge in [-0.25, -0.2) is 9.98 Å². The Labute approximate surface area is 162 Å². The van der Waals surface area contributed by atoms with Crippen molar-refractivity contribution in [2.75, 3.05) is 12.4 Å². The zero-order chi connectivity index (χ0) is 19.7. The number of H-pyrrole nitrogens is 1. The molecule has 0 radical (unpaired) electrons. The van der Waals surface area contributed by atoms with E-state index < -0.39 is 5.54 Å². The van der Waals surface area contributed by atoms with Crippen LogP contribution < -0.4 is 10.1 Å². The first kappa shape index (κ1) is 17.8. The van der Waals surface area contributed by atoms with Crippen molar-refractivity contribution in [1.82, 2.24) is 15.2 Å². The number of hydrogen-bond acceptors (Lipinski definition) is 7. The normalized spacial score (nSPS) is 20.6. The van der Waals surface area contributed by atoms with Gasteiger partial charge in [-0.3, -0.25) is 14.9 Å². The molecule has 0 bridgehead atoms. The smallest absolute Gasteiger partial charge is 0.252 e. The monoisotopic (exact) mass is 376 g/mol. The van der Waals surface area contributed by atoms with Gasteiger partial charge in [0.25, 0.3) is 5.78 Å². The maximum absolute atomic E-state index is 13.1. The van der Waals surface area contributed by atoms with E-state index in [2.05, 4.69) is 30.5 Å². The number of ketones is 1. The van der Waals surface area contributed by atoms with Crippen molar-refractivity contribution >= 4 is 23.3 Å². The standard InChI is InChI=1S/C20H20N6O2/c1-12-11-15(26-25-12)22-18-13-7-4-5-9-20(13,2)24-19(23-18)17(27)16-14(28-3)8-6-10-21-16/h4-8,10-11H,9H2,1-3H3,(H2,22,23,24,25,26). The molecule has 3 heterocycles. The summed E-state index contributed by atoms with van der Waals surface area (Å²) in [6.07, 6.45) is 8.16. The number of carbonyl (C=O) groups excluding carboxylic acids is 1. The van der Waals surface area contributed by atoms with Gasteiger partial charge in [0.15, 0.2) is 11.5 Å². The van der Waals surface area contributed by atoms with Crippen molar-refractivity contribution in [3.8, 4) is 5.75 Å². The van der Waals surface area contributed by atoms with Crippen LogP contribution in [0.15, 0.2) is 58.2 Å². The van der Waals surface area contributed by atoms with E-state index in [0.29, 0.717) is 23.8 Å². The van der Waals surface area contributed by atoms with E-state index in [1.807, 2.05) is 38.1 Å². The van der Waals surface area contributed by atoms with Crippen LogP contribution in [0.25, 0.3) is 0 Å². The van der Waals surface area contributed by atoms with Gasteiger partial charge < -0.3 is 10.1 Å². The van der Waals surface area contributed by atoms with Gasteiger partial charge in [-0.1, -0.05) is 18.2 Å². The van der Waals surface area contributed by atoms with Gasteiger partial charge in [0.2, 0.25) is 5.84 Å². The van der Waals surface area contributed by atoms with Gasteiger partial charge in [-0.2, -0.15) is 5.10 Å². The molecule has 8 heteroatoms. The number of Topliss-reactive ketones (excluding diaryl/α,β-unsaturated/α-hetero) is 1. The number of anilines is 1. The third-order valence-electron chi connectivity index (χ3n) is 4.68. The van der Waals surface area contributed by atoms with Crippen LogP contribution in [0.2, 0.25) is 0 Å². The number of carbonyl (C=O) groups is 1. The third-order valence-corrected chi connectivity index (χ3v) is 4.68. The Kier molecular flexibility index (Phi) is 4.38. The molecule has 0 spiro atoms. The zero-order valence-corrected chi connectivity index (χ0v) is 15.9. The quantitative estimate of drug-likeness (QED) is 0.799. The maximum Gasteiger partial charge on any atom is 0.252 e. The van der Waals surface area contributed by atoms with Crippen LogP contribution in [0.3, 0.4) is 0 Å². The predicted molar refractivity (Wildman–Crippen MR) is 107 cm³/mol. The van der Waals surface area contributed by atoms with Crippen molar-refractivity contribution < 1.29 is 9.53 Å². The molecule has 142 valence electrons. The number of aryl methyl sites for hydroxylation is 1. The molecule has 2 aliphatic rings. The number of amidine groups is 2. The zero-order valence-electron chi connectivity index (χ0n) is 15.9. The lowest BCUT2D eigenvalue weighted by Crippen LogP contribution is -2.40. The SMILES string of the molecule is COc1cccnc1C(=O)C1=NC2(C)CC=CC=C2C(Nc2cc(C)[nH]n2)=N1. The molecule has 4 rings (SSSR count). The minimum Gasteiger partial charge on any atom is -0.494 e. The molecular formula is C20H20N6O2. The number of aromatic nitrogens is 3. The molecule has 0 saturated carbocycles. The van der Waals surface area contributed by atoms with Gasteiger partial charge in [0.05, 0.1) is 12.6 Å². The highest BCUT2D eigenvalue weighted by Crippen LogP contribution is 2.34. The number of aromatic amines is 1. The predicted octanol–water partition coefficient (Wildman–Crippen LogP) is 2.87. The second kappa shape index (κ2) is 6.88. The average Bonchev–Trinajstić information content (AvgIpc) is 3.11. The van der Waals surface area contributed by atoms with Crippen LogP contribution in [0.5, 0.6) is 5.75 Å². The van der Waals surface area contributed by atoms with E-state index in [4.69, 9.17) is 4.74 Å². The number of allylic oxidation sites excluding steroid dienone is 2. The molecule has 28 heavy (non-hydrogen) atoms. The van der Waals surface area contributed by atoms with E-state index >= 15 is 0 Å². The summed E-state index contributed by atoms with van der Waals surface area (Å²) in [5.41, 5.74) is 1.41. The summed E-state index contributed by atoms with van der Waals surface area (Å²) in [7, 11) is 1.50. The summed E-state index contributed by atoms with van der Waals surface area (Å²) in [4.78, 5) is 26.5. The number of nitrogens with one attached hydrogen (secondary N) is 2. The molecule has 1 aliphatic heterocycles. The number of hydrogen-bond donors (Lipinski definition) is 2. The first-order valence-corrected chi connectivity index (χ1v) is 8.89. The lowest BCUT2D eigenvalue weighted by molar-refractivity contribution is 0.105. The Hall–Kier alpha value is -3.55. The molecule has 2 aromatic heterocycles. The molecule has 2 N–H and O–H groups in total. The van der Waals surface area contributed by atoms with Crippen LogP contribution in [-0.2, 0) is 0 Å². The summed E-state index contributed by atoms with van der Waals surface area (Å²) < 4.78 is 5.28. The summed E-state index contributed by atoms with van der Waals surface area (Å²) in [6.45, 7) is 3.90. The summed E-state index contributed by atoms with van der Waals surface area (Å²) in [6, 6.07) is 5.27. The van der Waals surface area contributed by atoms with E-state index in [1.165, 1.54) is 7.11 Å². The molecule has 1 unspecified atom stereocenters. The minimum atomic E-state index is -0.600. The minimum absolute atomic E-state index is 0.0849. The molecule has 2 aromatic rings. The maximum atomic E-state index is 13.1. The van der Waals surface area contributed by atoms with Crippen molar-refractivity contribution in [2.24, 2.45) is 9.98 Å². The van der Waals surface area contributed by atoms with Gasteiger partial charge in [-0.15, -0.1) is 0 Å². The van der Waals surface area contributed by atoms with E-state index in [1.54, 1.807) is 18.3 Å². The van der Waals surface area contributed by atoms with Gasteiger partial charge in [0, 0.05) is 23.5 Å². The Balaban J connectivity index is 1.77. The summed E-state index contributed by atoms with van der Waals surface area (Å²) in [5.74, 6) is 1.26.